The second-order valence-electron chi connectivity index (χ2n) is 8.41. The van der Waals surface area contributed by atoms with Crippen LogP contribution in [0, 0.1) is 11.6 Å². The van der Waals surface area contributed by atoms with E-state index in [9.17, 15) is 31.5 Å². The predicted molar refractivity (Wildman–Crippen MR) is 126 cm³/mol. The zero-order chi connectivity index (χ0) is 27.3. The largest absolute Gasteiger partial charge is 0.490 e. The van der Waals surface area contributed by atoms with Gasteiger partial charge in [-0.1, -0.05) is 13.0 Å². The highest BCUT2D eigenvalue weighted by atomic mass is 19.4. The molecule has 0 fully saturated rings. The van der Waals surface area contributed by atoms with Crippen molar-refractivity contribution in [2.75, 3.05) is 11.9 Å². The van der Waals surface area contributed by atoms with E-state index in [0.29, 0.717) is 18.2 Å². The molecule has 3 aromatic rings. The van der Waals surface area contributed by atoms with E-state index in [0.717, 1.165) is 30.3 Å². The lowest BCUT2D eigenvalue weighted by atomic mass is 10.1. The summed E-state index contributed by atoms with van der Waals surface area (Å²) in [7, 11) is 0. The van der Waals surface area contributed by atoms with Gasteiger partial charge in [0.1, 0.15) is 11.5 Å². The number of amides is 1. The molecule has 1 atom stereocenters. The third kappa shape index (κ3) is 6.87. The zero-order valence-corrected chi connectivity index (χ0v) is 20.0. The second-order valence-corrected chi connectivity index (χ2v) is 8.41. The van der Waals surface area contributed by atoms with E-state index in [4.69, 9.17) is 9.84 Å². The molecule has 1 amide bonds. The summed E-state index contributed by atoms with van der Waals surface area (Å²) in [6.45, 7) is 3.70. The number of hydrogen-bond acceptors (Lipinski definition) is 3. The predicted octanol–water partition coefficient (Wildman–Crippen LogP) is 6.26. The third-order valence-electron chi connectivity index (χ3n) is 5.77. The minimum atomic E-state index is -4.78. The first kappa shape index (κ1) is 27.7. The number of aromatic nitrogens is 1. The van der Waals surface area contributed by atoms with Crippen LogP contribution in [0.25, 0.3) is 0 Å². The number of carbonyl (C=O) groups is 2. The zero-order valence-electron chi connectivity index (χ0n) is 20.0. The van der Waals surface area contributed by atoms with Gasteiger partial charge in [0, 0.05) is 24.2 Å². The van der Waals surface area contributed by atoms with Crippen molar-refractivity contribution in [1.82, 2.24) is 4.57 Å². The number of anilines is 1. The topological polar surface area (TPSA) is 80.6 Å². The number of rotatable bonds is 10. The summed E-state index contributed by atoms with van der Waals surface area (Å²) >= 11 is 0. The van der Waals surface area contributed by atoms with Gasteiger partial charge in [-0.3, -0.25) is 9.59 Å². The molecule has 0 aliphatic heterocycles. The van der Waals surface area contributed by atoms with Crippen molar-refractivity contribution in [1.29, 1.82) is 0 Å². The van der Waals surface area contributed by atoms with Crippen LogP contribution in [0.3, 0.4) is 0 Å². The number of carboxylic acids is 1. The van der Waals surface area contributed by atoms with Crippen molar-refractivity contribution in [3.63, 3.8) is 0 Å². The van der Waals surface area contributed by atoms with Gasteiger partial charge in [-0.2, -0.15) is 13.2 Å². The van der Waals surface area contributed by atoms with Crippen molar-refractivity contribution >= 4 is 17.6 Å². The highest BCUT2D eigenvalue weighted by Crippen LogP contribution is 2.36. The summed E-state index contributed by atoms with van der Waals surface area (Å²) < 4.78 is 74.7. The van der Waals surface area contributed by atoms with Crippen molar-refractivity contribution in [2.45, 2.75) is 45.3 Å². The number of aliphatic carboxylic acids is 1. The molecule has 2 aromatic carbocycles. The number of carboxylic acid groups (broad SMARTS) is 1. The second kappa shape index (κ2) is 11.4. The summed E-state index contributed by atoms with van der Waals surface area (Å²) in [6.07, 6.45) is -4.46. The van der Waals surface area contributed by atoms with E-state index in [-0.39, 0.29) is 36.1 Å². The molecule has 0 saturated heterocycles. The number of benzene rings is 2. The fourth-order valence-corrected chi connectivity index (χ4v) is 3.85. The van der Waals surface area contributed by atoms with Crippen LogP contribution >= 0.6 is 0 Å². The maximum Gasteiger partial charge on any atom is 0.418 e. The Kier molecular flexibility index (Phi) is 8.57. The normalized spacial score (nSPS) is 12.3. The number of alkyl halides is 3. The van der Waals surface area contributed by atoms with Gasteiger partial charge in [0.05, 0.1) is 24.3 Å². The quantitative estimate of drug-likeness (QED) is 0.307. The molecule has 2 N–H and O–H groups in total. The number of halogens is 5. The molecule has 3 rings (SSSR count). The molecule has 198 valence electrons. The molecular weight excluding hydrogens is 499 g/mol. The van der Waals surface area contributed by atoms with Crippen molar-refractivity contribution < 1.29 is 41.4 Å². The molecule has 0 unspecified atom stereocenters. The van der Waals surface area contributed by atoms with E-state index in [1.54, 1.807) is 10.6 Å². The van der Waals surface area contributed by atoms with Gasteiger partial charge in [0.15, 0.2) is 11.6 Å². The van der Waals surface area contributed by atoms with Crippen LogP contribution < -0.4 is 10.1 Å². The smallest absolute Gasteiger partial charge is 0.418 e. The average molecular weight is 524 g/mol. The van der Waals surface area contributed by atoms with E-state index in [1.807, 2.05) is 13.8 Å². The molecule has 11 heteroatoms. The standard InChI is InChI=1S/C26H25F5N2O4/c1-3-15(2)33-18(10-11-37-23-9-5-17(27)14-20(23)28)6-8-22(33)25(36)32-21-12-16(13-24(34)35)4-7-19(21)26(29,30)31/h4-9,12,14-15H,3,10-11,13H2,1-2H3,(H,32,36)(H,34,35)/t15-/m0/s1. The van der Waals surface area contributed by atoms with Crippen LogP contribution in [0.5, 0.6) is 5.75 Å². The molecule has 1 aromatic heterocycles. The van der Waals surface area contributed by atoms with Gasteiger partial charge in [-0.15, -0.1) is 0 Å². The highest BCUT2D eigenvalue weighted by molar-refractivity contribution is 6.04. The summed E-state index contributed by atoms with van der Waals surface area (Å²) in [5.74, 6) is -3.77. The number of carbonyl (C=O) groups excluding carboxylic acids is 1. The van der Waals surface area contributed by atoms with Gasteiger partial charge in [-0.05, 0) is 55.3 Å². The van der Waals surface area contributed by atoms with Crippen LogP contribution in [0.2, 0.25) is 0 Å². The fraction of sp³-hybridized carbons (Fsp3) is 0.308. The first-order valence-corrected chi connectivity index (χ1v) is 11.4. The molecule has 0 radical (unpaired) electrons. The van der Waals surface area contributed by atoms with Crippen LogP contribution in [-0.4, -0.2) is 28.2 Å². The Morgan fingerprint density at radius 2 is 1.81 bits per heavy atom. The van der Waals surface area contributed by atoms with Crippen molar-refractivity contribution in [3.8, 4) is 5.75 Å². The minimum Gasteiger partial charge on any atom is -0.490 e. The number of ether oxygens (including phenoxy) is 1. The van der Waals surface area contributed by atoms with E-state index >= 15 is 0 Å². The minimum absolute atomic E-state index is 0.000482. The summed E-state index contributed by atoms with van der Waals surface area (Å²) in [4.78, 5) is 24.1. The summed E-state index contributed by atoms with van der Waals surface area (Å²) in [5, 5.41) is 11.3. The molecule has 0 saturated carbocycles. The van der Waals surface area contributed by atoms with E-state index in [2.05, 4.69) is 5.32 Å². The summed E-state index contributed by atoms with van der Waals surface area (Å²) in [6, 6.07) is 8.57. The number of nitrogens with one attached hydrogen (secondary N) is 1. The molecule has 0 aliphatic rings. The van der Waals surface area contributed by atoms with Crippen LogP contribution in [0.4, 0.5) is 27.6 Å². The molecule has 0 bridgehead atoms. The SMILES string of the molecule is CC[C@H](C)n1c(CCOc2ccc(F)cc2F)ccc1C(=O)Nc1cc(CC(=O)O)ccc1C(F)(F)F. The lowest BCUT2D eigenvalue weighted by Crippen LogP contribution is -2.22. The third-order valence-corrected chi connectivity index (χ3v) is 5.77. The molecule has 0 spiro atoms. The molecule has 0 aliphatic carbocycles. The fourth-order valence-electron chi connectivity index (χ4n) is 3.85. The molecule has 1 heterocycles. The maximum absolute atomic E-state index is 13.8. The molecular formula is C26H25F5N2O4. The van der Waals surface area contributed by atoms with E-state index in [1.165, 1.54) is 6.07 Å². The lowest BCUT2D eigenvalue weighted by molar-refractivity contribution is -0.137. The summed E-state index contributed by atoms with van der Waals surface area (Å²) in [5.41, 5.74) is -0.845. The Balaban J connectivity index is 1.86. The van der Waals surface area contributed by atoms with Gasteiger partial charge < -0.3 is 19.7 Å². The van der Waals surface area contributed by atoms with Gasteiger partial charge in [0.2, 0.25) is 0 Å². The first-order chi connectivity index (χ1) is 17.4. The Labute approximate surface area is 209 Å². The Morgan fingerprint density at radius 1 is 1.08 bits per heavy atom. The number of nitrogens with zero attached hydrogens (tertiary/aromatic N) is 1. The van der Waals surface area contributed by atoms with Crippen molar-refractivity contribution in [3.05, 3.63) is 82.7 Å². The Bertz CT molecular complexity index is 1290. The first-order valence-electron chi connectivity index (χ1n) is 11.4. The Hall–Kier alpha value is -3.89. The Morgan fingerprint density at radius 3 is 2.43 bits per heavy atom. The van der Waals surface area contributed by atoms with Gasteiger partial charge in [-0.25, -0.2) is 8.78 Å². The van der Waals surface area contributed by atoms with Crippen LogP contribution in [0.15, 0.2) is 48.5 Å². The molecule has 6 nitrogen and oxygen atoms in total. The van der Waals surface area contributed by atoms with Gasteiger partial charge in [0.25, 0.3) is 5.91 Å². The van der Waals surface area contributed by atoms with Crippen LogP contribution in [-0.2, 0) is 23.8 Å². The lowest BCUT2D eigenvalue weighted by Gasteiger charge is -2.20. The monoisotopic (exact) mass is 524 g/mol. The van der Waals surface area contributed by atoms with E-state index < -0.39 is 47.4 Å². The maximum atomic E-state index is 13.8. The van der Waals surface area contributed by atoms with Crippen LogP contribution in [0.1, 0.15) is 53.6 Å². The van der Waals surface area contributed by atoms with Gasteiger partial charge >= 0.3 is 12.1 Å². The average Bonchev–Trinajstić information content (AvgIpc) is 3.23. The van der Waals surface area contributed by atoms with Crippen molar-refractivity contribution in [2.24, 2.45) is 0 Å². The highest BCUT2D eigenvalue weighted by Gasteiger charge is 2.34. The number of hydrogen-bond donors (Lipinski definition) is 2. The molecule has 37 heavy (non-hydrogen) atoms.